The number of amides is 1. The molecular formula is C18H23N3O5. The maximum absolute atomic E-state index is 12.7. The number of imidazole rings is 1. The summed E-state index contributed by atoms with van der Waals surface area (Å²) in [7, 11) is 3.16. The number of carbonyl (C=O) groups is 2. The number of nitrogens with zero attached hydrogens (tertiary/aromatic N) is 3. The van der Waals surface area contributed by atoms with Crippen LogP contribution in [0.2, 0.25) is 0 Å². The van der Waals surface area contributed by atoms with Crippen LogP contribution in [0.1, 0.15) is 12.8 Å². The molecule has 0 atom stereocenters. The maximum atomic E-state index is 12.7. The number of aryl methyl sites for hydroxylation is 1. The van der Waals surface area contributed by atoms with Crippen LogP contribution in [0, 0.1) is 5.41 Å². The van der Waals surface area contributed by atoms with Gasteiger partial charge < -0.3 is 14.7 Å². The third-order valence-corrected chi connectivity index (χ3v) is 5.29. The third-order valence-electron chi connectivity index (χ3n) is 5.29. The number of likely N-dealkylation sites (tertiary alicyclic amines) is 1. The fourth-order valence-corrected chi connectivity index (χ4v) is 3.63. The number of hydrogen-bond acceptors (Lipinski definition) is 4. The number of methoxy groups -OCH3 is 1. The van der Waals surface area contributed by atoms with Crippen LogP contribution in [0.25, 0.3) is 11.0 Å². The highest BCUT2D eigenvalue weighted by Crippen LogP contribution is 2.32. The zero-order chi connectivity index (χ0) is 18.9. The van der Waals surface area contributed by atoms with E-state index < -0.39 is 11.4 Å². The molecule has 1 aliphatic rings. The number of rotatable bonds is 5. The van der Waals surface area contributed by atoms with E-state index in [0.29, 0.717) is 31.4 Å². The Balaban J connectivity index is 1.76. The number of aromatic nitrogens is 2. The Morgan fingerprint density at radius 1 is 1.19 bits per heavy atom. The van der Waals surface area contributed by atoms with Crippen molar-refractivity contribution >= 4 is 22.9 Å². The lowest BCUT2D eigenvalue weighted by atomic mass is 9.79. The lowest BCUT2D eigenvalue weighted by Crippen LogP contribution is -2.49. The van der Waals surface area contributed by atoms with Crippen molar-refractivity contribution in [3.05, 3.63) is 34.7 Å². The maximum Gasteiger partial charge on any atom is 0.329 e. The Morgan fingerprint density at radius 3 is 2.38 bits per heavy atom. The quantitative estimate of drug-likeness (QED) is 0.845. The molecule has 2 heterocycles. The molecule has 1 saturated heterocycles. The monoisotopic (exact) mass is 361 g/mol. The minimum absolute atomic E-state index is 0.0511. The molecule has 0 aliphatic carbocycles. The largest absolute Gasteiger partial charge is 0.481 e. The highest BCUT2D eigenvalue weighted by atomic mass is 16.5. The molecule has 1 amide bonds. The van der Waals surface area contributed by atoms with Crippen LogP contribution < -0.4 is 5.69 Å². The molecule has 1 N–H and O–H groups in total. The smallest absolute Gasteiger partial charge is 0.329 e. The number of carbonyl (C=O) groups excluding carboxylic acids is 1. The van der Waals surface area contributed by atoms with Crippen LogP contribution in [0.5, 0.6) is 0 Å². The van der Waals surface area contributed by atoms with E-state index in [1.54, 1.807) is 11.9 Å². The highest BCUT2D eigenvalue weighted by Gasteiger charge is 2.42. The first-order valence-corrected chi connectivity index (χ1v) is 8.54. The second-order valence-electron chi connectivity index (χ2n) is 6.82. The number of carboxylic acid groups (broad SMARTS) is 1. The first-order valence-electron chi connectivity index (χ1n) is 8.54. The predicted octanol–water partition coefficient (Wildman–Crippen LogP) is 0.680. The van der Waals surface area contributed by atoms with E-state index in [1.807, 2.05) is 24.3 Å². The van der Waals surface area contributed by atoms with Gasteiger partial charge in [-0.25, -0.2) is 4.79 Å². The van der Waals surface area contributed by atoms with Gasteiger partial charge in [-0.1, -0.05) is 12.1 Å². The van der Waals surface area contributed by atoms with Crippen LogP contribution in [0.3, 0.4) is 0 Å². The predicted molar refractivity (Wildman–Crippen MR) is 94.9 cm³/mol. The summed E-state index contributed by atoms with van der Waals surface area (Å²) in [6.45, 7) is 0.764. The SMILES string of the molecule is COCC1(C(=O)O)CCN(C(=O)Cn2c(=O)n(C)c3ccccc32)CC1. The van der Waals surface area contributed by atoms with E-state index in [9.17, 15) is 19.5 Å². The van der Waals surface area contributed by atoms with E-state index in [-0.39, 0.29) is 24.7 Å². The summed E-state index contributed by atoms with van der Waals surface area (Å²) < 4.78 is 8.06. The number of para-hydroxylation sites is 2. The fraction of sp³-hybridized carbons (Fsp3) is 0.500. The first-order chi connectivity index (χ1) is 12.4. The van der Waals surface area contributed by atoms with Gasteiger partial charge >= 0.3 is 11.7 Å². The number of fused-ring (bicyclic) bond motifs is 1. The normalized spacial score (nSPS) is 16.8. The number of benzene rings is 1. The zero-order valence-corrected chi connectivity index (χ0v) is 15.0. The summed E-state index contributed by atoms with van der Waals surface area (Å²) in [5, 5.41) is 9.51. The van der Waals surface area contributed by atoms with Gasteiger partial charge in [0.25, 0.3) is 0 Å². The lowest BCUT2D eigenvalue weighted by molar-refractivity contribution is -0.158. The van der Waals surface area contributed by atoms with Crippen molar-refractivity contribution < 1.29 is 19.4 Å². The van der Waals surface area contributed by atoms with Crippen molar-refractivity contribution in [2.24, 2.45) is 12.5 Å². The molecule has 140 valence electrons. The average Bonchev–Trinajstić information content (AvgIpc) is 2.87. The van der Waals surface area contributed by atoms with Crippen molar-refractivity contribution in [3.8, 4) is 0 Å². The van der Waals surface area contributed by atoms with Crippen LogP contribution in [0.15, 0.2) is 29.1 Å². The number of carboxylic acids is 1. The van der Waals surface area contributed by atoms with Gasteiger partial charge in [0.2, 0.25) is 5.91 Å². The molecular weight excluding hydrogens is 338 g/mol. The molecule has 8 nitrogen and oxygen atoms in total. The molecule has 3 rings (SSSR count). The topological polar surface area (TPSA) is 93.8 Å². The van der Waals surface area contributed by atoms with E-state index in [0.717, 1.165) is 5.52 Å². The molecule has 1 aromatic heterocycles. The van der Waals surface area contributed by atoms with Gasteiger partial charge in [0.05, 0.1) is 23.1 Å². The van der Waals surface area contributed by atoms with Gasteiger partial charge in [-0.15, -0.1) is 0 Å². The molecule has 0 unspecified atom stereocenters. The number of hydrogen-bond donors (Lipinski definition) is 1. The summed E-state index contributed by atoms with van der Waals surface area (Å²) in [6, 6.07) is 7.33. The molecule has 2 aromatic rings. The molecule has 26 heavy (non-hydrogen) atoms. The van der Waals surface area contributed by atoms with Gasteiger partial charge in [0.15, 0.2) is 0 Å². The van der Waals surface area contributed by atoms with E-state index in [4.69, 9.17) is 4.74 Å². The van der Waals surface area contributed by atoms with Crippen molar-refractivity contribution in [3.63, 3.8) is 0 Å². The zero-order valence-electron chi connectivity index (χ0n) is 15.0. The second kappa shape index (κ2) is 6.95. The Hall–Kier alpha value is -2.61. The minimum Gasteiger partial charge on any atom is -0.481 e. The summed E-state index contributed by atoms with van der Waals surface area (Å²) >= 11 is 0. The van der Waals surface area contributed by atoms with Gasteiger partial charge in [-0.3, -0.25) is 18.7 Å². The fourth-order valence-electron chi connectivity index (χ4n) is 3.63. The molecule has 0 bridgehead atoms. The second-order valence-corrected chi connectivity index (χ2v) is 6.82. The Labute approximate surface area is 150 Å². The Morgan fingerprint density at radius 2 is 1.81 bits per heavy atom. The van der Waals surface area contributed by atoms with Crippen LogP contribution >= 0.6 is 0 Å². The third kappa shape index (κ3) is 3.01. The molecule has 0 radical (unpaired) electrons. The number of aliphatic carboxylic acids is 1. The van der Waals surface area contributed by atoms with E-state index in [2.05, 4.69) is 0 Å². The van der Waals surface area contributed by atoms with Gasteiger partial charge in [-0.2, -0.15) is 0 Å². The Bertz CT molecular complexity index is 890. The van der Waals surface area contributed by atoms with Crippen molar-refractivity contribution in [2.45, 2.75) is 19.4 Å². The molecule has 1 aliphatic heterocycles. The summed E-state index contributed by atoms with van der Waals surface area (Å²) in [6.07, 6.45) is 0.679. The number of piperidine rings is 1. The molecule has 0 spiro atoms. The van der Waals surface area contributed by atoms with Gasteiger partial charge in [0, 0.05) is 27.2 Å². The first kappa shape index (κ1) is 18.2. The van der Waals surface area contributed by atoms with Crippen LogP contribution in [0.4, 0.5) is 0 Å². The summed E-state index contributed by atoms with van der Waals surface area (Å²) in [5.74, 6) is -1.07. The Kier molecular flexibility index (Phi) is 4.86. The van der Waals surface area contributed by atoms with Crippen LogP contribution in [-0.4, -0.2) is 57.8 Å². The van der Waals surface area contributed by atoms with Gasteiger partial charge in [-0.05, 0) is 25.0 Å². The standard InChI is InChI=1S/C18H23N3O5/c1-19-13-5-3-4-6-14(13)21(17(19)25)11-15(22)20-9-7-18(8-10-20,12-26-2)16(23)24/h3-6H,7-12H2,1-2H3,(H,23,24). The van der Waals surface area contributed by atoms with E-state index in [1.165, 1.54) is 16.2 Å². The highest BCUT2D eigenvalue weighted by molar-refractivity contribution is 5.81. The number of ether oxygens (including phenoxy) is 1. The molecule has 1 fully saturated rings. The van der Waals surface area contributed by atoms with Crippen molar-refractivity contribution in [1.82, 2.24) is 14.0 Å². The van der Waals surface area contributed by atoms with Gasteiger partial charge in [0.1, 0.15) is 6.54 Å². The van der Waals surface area contributed by atoms with E-state index >= 15 is 0 Å². The van der Waals surface area contributed by atoms with Crippen molar-refractivity contribution in [1.29, 1.82) is 0 Å². The molecule has 0 saturated carbocycles. The van der Waals surface area contributed by atoms with Crippen molar-refractivity contribution in [2.75, 3.05) is 26.8 Å². The minimum atomic E-state index is -0.943. The molecule has 8 heteroatoms. The summed E-state index contributed by atoms with van der Waals surface area (Å²) in [4.78, 5) is 38.4. The van der Waals surface area contributed by atoms with Crippen LogP contribution in [-0.2, 0) is 27.9 Å². The summed E-state index contributed by atoms with van der Waals surface area (Å²) in [5.41, 5.74) is 0.302. The lowest BCUT2D eigenvalue weighted by Gasteiger charge is -2.38. The average molecular weight is 361 g/mol. The molecule has 1 aromatic carbocycles.